The normalized spacial score (nSPS) is 15.5. The van der Waals surface area contributed by atoms with Gasteiger partial charge in [0.25, 0.3) is 0 Å². The quantitative estimate of drug-likeness (QED) is 0.760. The first kappa shape index (κ1) is 12.2. The minimum Gasteiger partial charge on any atom is -0.307 e. The van der Waals surface area contributed by atoms with Crippen LogP contribution in [-0.2, 0) is 17.8 Å². The van der Waals surface area contributed by atoms with Crippen LogP contribution in [-0.4, -0.2) is 33.1 Å². The highest BCUT2D eigenvalue weighted by Crippen LogP contribution is 2.18. The minimum absolute atomic E-state index is 0.190. The lowest BCUT2D eigenvalue weighted by molar-refractivity contribution is -0.117. The summed E-state index contributed by atoms with van der Waals surface area (Å²) in [6.45, 7) is 5.53. The topological polar surface area (TPSA) is 59.8 Å². The molecule has 0 bridgehead atoms. The Bertz CT molecular complexity index is 382. The fraction of sp³-hybridized carbons (Fsp3) is 0.750. The van der Waals surface area contributed by atoms with Crippen molar-refractivity contribution in [1.29, 1.82) is 0 Å². The van der Waals surface area contributed by atoms with Gasteiger partial charge in [-0.2, -0.15) is 5.10 Å². The van der Waals surface area contributed by atoms with Crippen molar-refractivity contribution in [2.24, 2.45) is 5.92 Å². The maximum Gasteiger partial charge on any atom is 0.154 e. The van der Waals surface area contributed by atoms with E-state index < -0.39 is 0 Å². The highest BCUT2D eigenvalue weighted by molar-refractivity contribution is 5.82. The maximum atomic E-state index is 11.7. The van der Waals surface area contributed by atoms with Crippen LogP contribution in [0.5, 0.6) is 0 Å². The largest absolute Gasteiger partial charge is 0.307 e. The molecule has 0 radical (unpaired) electrons. The number of carbonyl (C=O) groups is 1. The number of aromatic nitrogens is 3. The summed E-state index contributed by atoms with van der Waals surface area (Å²) in [4.78, 5) is 15.9. The van der Waals surface area contributed by atoms with E-state index in [4.69, 9.17) is 0 Å². The second kappa shape index (κ2) is 5.40. The number of hydrogen-bond donors (Lipinski definition) is 1. The molecule has 17 heavy (non-hydrogen) atoms. The Kier molecular flexibility index (Phi) is 3.89. The van der Waals surface area contributed by atoms with Gasteiger partial charge in [0, 0.05) is 12.6 Å². The smallest absolute Gasteiger partial charge is 0.154 e. The second-order valence-electron chi connectivity index (χ2n) is 5.12. The summed E-state index contributed by atoms with van der Waals surface area (Å²) in [6, 6.07) is 0.576. The van der Waals surface area contributed by atoms with Gasteiger partial charge in [0.05, 0.1) is 13.0 Å². The molecule has 0 aliphatic heterocycles. The number of rotatable bonds is 7. The van der Waals surface area contributed by atoms with Crippen molar-refractivity contribution in [2.45, 2.75) is 45.7 Å². The van der Waals surface area contributed by atoms with Crippen molar-refractivity contribution in [3.05, 3.63) is 12.2 Å². The molecule has 1 heterocycles. The first-order valence-corrected chi connectivity index (χ1v) is 6.27. The molecule has 94 valence electrons. The summed E-state index contributed by atoms with van der Waals surface area (Å²) in [5.74, 6) is 1.48. The molecule has 5 heteroatoms. The van der Waals surface area contributed by atoms with Gasteiger partial charge in [-0.1, -0.05) is 13.8 Å². The molecule has 0 unspecified atom stereocenters. The summed E-state index contributed by atoms with van der Waals surface area (Å²) in [7, 11) is 0. The summed E-state index contributed by atoms with van der Waals surface area (Å²) in [6.07, 6.45) is 4.32. The molecule has 1 aromatic heterocycles. The van der Waals surface area contributed by atoms with Crippen molar-refractivity contribution in [1.82, 2.24) is 20.1 Å². The van der Waals surface area contributed by atoms with Gasteiger partial charge in [-0.05, 0) is 18.8 Å². The Labute approximate surface area is 102 Å². The number of Topliss-reactive ketones (excluding diaryl/α,β-unsaturated/α-hetero) is 1. The van der Waals surface area contributed by atoms with Gasteiger partial charge in [0.1, 0.15) is 12.2 Å². The molecule has 1 fully saturated rings. The Hall–Kier alpha value is -1.23. The first-order chi connectivity index (χ1) is 8.15. The van der Waals surface area contributed by atoms with E-state index in [0.717, 1.165) is 12.4 Å². The second-order valence-corrected chi connectivity index (χ2v) is 5.12. The third-order valence-electron chi connectivity index (χ3n) is 2.75. The fourth-order valence-corrected chi connectivity index (χ4v) is 1.71. The van der Waals surface area contributed by atoms with Crippen LogP contribution in [0.25, 0.3) is 0 Å². The van der Waals surface area contributed by atoms with E-state index in [2.05, 4.69) is 29.2 Å². The molecular weight excluding hydrogens is 216 g/mol. The van der Waals surface area contributed by atoms with Gasteiger partial charge in [-0.25, -0.2) is 9.67 Å². The highest BCUT2D eigenvalue weighted by atomic mass is 16.1. The number of hydrogen-bond acceptors (Lipinski definition) is 4. The lowest BCUT2D eigenvalue weighted by atomic mass is 10.2. The summed E-state index contributed by atoms with van der Waals surface area (Å²) >= 11 is 0. The van der Waals surface area contributed by atoms with Crippen LogP contribution in [0.4, 0.5) is 0 Å². The first-order valence-electron chi connectivity index (χ1n) is 6.27. The van der Waals surface area contributed by atoms with Crippen LogP contribution >= 0.6 is 0 Å². The Morgan fingerprint density at radius 1 is 1.59 bits per heavy atom. The Balaban J connectivity index is 1.83. The Morgan fingerprint density at radius 3 is 3.00 bits per heavy atom. The summed E-state index contributed by atoms with van der Waals surface area (Å²) in [5, 5.41) is 7.37. The molecule has 1 aliphatic rings. The molecule has 5 nitrogen and oxygen atoms in total. The van der Waals surface area contributed by atoms with Crippen LogP contribution in [0.3, 0.4) is 0 Å². The van der Waals surface area contributed by atoms with Crippen molar-refractivity contribution in [3.8, 4) is 0 Å². The lowest BCUT2D eigenvalue weighted by Gasteiger charge is -2.08. The lowest BCUT2D eigenvalue weighted by Crippen LogP contribution is -2.27. The van der Waals surface area contributed by atoms with Crippen LogP contribution in [0.1, 0.15) is 32.5 Å². The summed E-state index contributed by atoms with van der Waals surface area (Å²) < 4.78 is 1.83. The summed E-state index contributed by atoms with van der Waals surface area (Å²) in [5.41, 5.74) is 0. The predicted molar refractivity (Wildman–Crippen MR) is 64.6 cm³/mol. The number of ketones is 1. The molecule has 1 aliphatic carbocycles. The maximum absolute atomic E-state index is 11.7. The van der Waals surface area contributed by atoms with Crippen molar-refractivity contribution in [3.63, 3.8) is 0 Å². The molecule has 1 N–H and O–H groups in total. The van der Waals surface area contributed by atoms with E-state index in [9.17, 15) is 4.79 Å². The minimum atomic E-state index is 0.190. The molecule has 1 aromatic rings. The van der Waals surface area contributed by atoms with Gasteiger partial charge >= 0.3 is 0 Å². The SMILES string of the molecule is CC(C)Cn1ncnc1CC(=O)CNC1CC1. The third kappa shape index (κ3) is 3.93. The van der Waals surface area contributed by atoms with Crippen molar-refractivity contribution in [2.75, 3.05) is 6.54 Å². The fourth-order valence-electron chi connectivity index (χ4n) is 1.71. The number of nitrogens with zero attached hydrogens (tertiary/aromatic N) is 3. The molecule has 0 saturated heterocycles. The number of carbonyl (C=O) groups excluding carboxylic acids is 1. The van der Waals surface area contributed by atoms with Gasteiger partial charge in [-0.15, -0.1) is 0 Å². The van der Waals surface area contributed by atoms with Crippen LogP contribution < -0.4 is 5.32 Å². The van der Waals surface area contributed by atoms with E-state index in [1.54, 1.807) is 0 Å². The van der Waals surface area contributed by atoms with E-state index in [1.807, 2.05) is 4.68 Å². The van der Waals surface area contributed by atoms with Crippen LogP contribution in [0.15, 0.2) is 6.33 Å². The highest BCUT2D eigenvalue weighted by Gasteiger charge is 2.21. The zero-order valence-electron chi connectivity index (χ0n) is 10.5. The van der Waals surface area contributed by atoms with E-state index >= 15 is 0 Å². The van der Waals surface area contributed by atoms with Crippen molar-refractivity contribution < 1.29 is 4.79 Å². The van der Waals surface area contributed by atoms with E-state index in [1.165, 1.54) is 19.2 Å². The molecule has 0 aromatic carbocycles. The van der Waals surface area contributed by atoms with E-state index in [-0.39, 0.29) is 5.78 Å². The zero-order valence-corrected chi connectivity index (χ0v) is 10.5. The monoisotopic (exact) mass is 236 g/mol. The van der Waals surface area contributed by atoms with Gasteiger partial charge in [0.2, 0.25) is 0 Å². The van der Waals surface area contributed by atoms with Gasteiger partial charge < -0.3 is 5.32 Å². The molecule has 2 rings (SSSR count). The Morgan fingerprint density at radius 2 is 2.35 bits per heavy atom. The van der Waals surface area contributed by atoms with Crippen LogP contribution in [0, 0.1) is 5.92 Å². The van der Waals surface area contributed by atoms with Gasteiger partial charge in [-0.3, -0.25) is 4.79 Å². The standard InChI is InChI=1S/C12H20N4O/c1-9(2)7-16-12(14-8-15-16)5-11(17)6-13-10-3-4-10/h8-10,13H,3-7H2,1-2H3. The van der Waals surface area contributed by atoms with Crippen LogP contribution in [0.2, 0.25) is 0 Å². The molecule has 0 spiro atoms. The zero-order chi connectivity index (χ0) is 12.3. The van der Waals surface area contributed by atoms with Crippen molar-refractivity contribution >= 4 is 5.78 Å². The van der Waals surface area contributed by atoms with Gasteiger partial charge in [0.15, 0.2) is 5.78 Å². The molecule has 1 saturated carbocycles. The van der Waals surface area contributed by atoms with E-state index in [0.29, 0.717) is 24.9 Å². The number of nitrogens with one attached hydrogen (secondary N) is 1. The third-order valence-corrected chi connectivity index (χ3v) is 2.75. The molecule has 0 atom stereocenters. The molecule has 0 amide bonds. The predicted octanol–water partition coefficient (Wildman–Crippen LogP) is 0.798. The molecular formula is C12H20N4O. The average molecular weight is 236 g/mol. The average Bonchev–Trinajstić information content (AvgIpc) is 3.00.